The molecule has 1 heterocycles. The zero-order valence-corrected chi connectivity index (χ0v) is 23.6. The molecule has 3 rings (SSSR count). The molecule has 0 fully saturated rings. The summed E-state index contributed by atoms with van der Waals surface area (Å²) in [5.74, 6) is 0.109. The number of carbonyl (C=O) groups excluding carboxylic acids is 1. The minimum Gasteiger partial charge on any atom is -0.417 e. The van der Waals surface area contributed by atoms with Crippen molar-refractivity contribution in [1.82, 2.24) is 0 Å². The highest BCUT2D eigenvalue weighted by atomic mass is 28.4. The fourth-order valence-corrected chi connectivity index (χ4v) is 7.90. The normalized spacial score (nSPS) is 14.2. The summed E-state index contributed by atoms with van der Waals surface area (Å²) >= 11 is 0. The van der Waals surface area contributed by atoms with Gasteiger partial charge in [0.2, 0.25) is 5.91 Å². The maximum absolute atomic E-state index is 12.5. The van der Waals surface area contributed by atoms with E-state index in [1.54, 1.807) is 6.92 Å². The Labute approximate surface area is 197 Å². The molecule has 2 aromatic rings. The summed E-state index contributed by atoms with van der Waals surface area (Å²) in [7, 11) is -3.35. The van der Waals surface area contributed by atoms with Crippen molar-refractivity contribution in [2.45, 2.75) is 84.9 Å². The Hall–Kier alpha value is -1.70. The first kappa shape index (κ1) is 24.9. The average Bonchev–Trinajstić information content (AvgIpc) is 2.68. The number of hydrogen-bond donors (Lipinski definition) is 0. The first-order valence-electron chi connectivity index (χ1n) is 11.9. The van der Waals surface area contributed by atoms with E-state index in [1.165, 1.54) is 27.4 Å². The SMILES string of the molecule is CC(=O)N1Cc2c(ccc(CCCO[Si](C)(C)C(C)(C)C)c2[Si](C)(C)C)-c2ccccc21. The van der Waals surface area contributed by atoms with E-state index in [0.29, 0.717) is 6.54 Å². The maximum atomic E-state index is 12.5. The van der Waals surface area contributed by atoms with Crippen LogP contribution >= 0.6 is 0 Å². The number of aryl methyl sites for hydroxylation is 1. The van der Waals surface area contributed by atoms with Crippen LogP contribution in [0.1, 0.15) is 45.2 Å². The number of carbonyl (C=O) groups is 1. The quantitative estimate of drug-likeness (QED) is 0.348. The molecule has 0 atom stereocenters. The third-order valence-electron chi connectivity index (χ3n) is 7.19. The fourth-order valence-electron chi connectivity index (χ4n) is 4.52. The molecule has 0 saturated heterocycles. The fraction of sp³-hybridized carbons (Fsp3) is 0.519. The van der Waals surface area contributed by atoms with E-state index >= 15 is 0 Å². The number of amides is 1. The Balaban J connectivity index is 1.94. The molecule has 0 aliphatic carbocycles. The number of fused-ring (bicyclic) bond motifs is 3. The number of anilines is 1. The van der Waals surface area contributed by atoms with Gasteiger partial charge in [0, 0.05) is 19.1 Å². The smallest absolute Gasteiger partial charge is 0.224 e. The topological polar surface area (TPSA) is 29.5 Å². The molecule has 1 amide bonds. The van der Waals surface area contributed by atoms with Gasteiger partial charge in [0.15, 0.2) is 8.32 Å². The third kappa shape index (κ3) is 4.95. The van der Waals surface area contributed by atoms with E-state index < -0.39 is 16.4 Å². The minimum absolute atomic E-state index is 0.109. The lowest BCUT2D eigenvalue weighted by Crippen LogP contribution is -2.46. The first-order valence-corrected chi connectivity index (χ1v) is 18.3. The van der Waals surface area contributed by atoms with Gasteiger partial charge in [0.1, 0.15) is 0 Å². The summed E-state index contributed by atoms with van der Waals surface area (Å²) in [4.78, 5) is 14.5. The van der Waals surface area contributed by atoms with Crippen molar-refractivity contribution in [2.75, 3.05) is 11.5 Å². The van der Waals surface area contributed by atoms with Gasteiger partial charge in [-0.05, 0) is 53.7 Å². The van der Waals surface area contributed by atoms with Crippen LogP contribution in [0.5, 0.6) is 0 Å². The molecule has 1 aliphatic rings. The molecule has 0 radical (unpaired) electrons. The average molecular weight is 468 g/mol. The van der Waals surface area contributed by atoms with Crippen molar-refractivity contribution >= 4 is 33.2 Å². The summed E-state index contributed by atoms with van der Waals surface area (Å²) in [5, 5.41) is 1.77. The molecule has 0 N–H and O–H groups in total. The van der Waals surface area contributed by atoms with Gasteiger partial charge in [0.25, 0.3) is 0 Å². The number of nitrogens with zero attached hydrogens (tertiary/aromatic N) is 1. The van der Waals surface area contributed by atoms with Gasteiger partial charge >= 0.3 is 0 Å². The van der Waals surface area contributed by atoms with Crippen molar-refractivity contribution in [2.24, 2.45) is 0 Å². The van der Waals surface area contributed by atoms with Gasteiger partial charge in [-0.1, -0.05) is 75.9 Å². The molecular weight excluding hydrogens is 426 g/mol. The molecule has 1 aliphatic heterocycles. The number of rotatable bonds is 6. The lowest BCUT2D eigenvalue weighted by atomic mass is 9.91. The van der Waals surface area contributed by atoms with E-state index in [2.05, 4.69) is 83.8 Å². The Morgan fingerprint density at radius 3 is 2.25 bits per heavy atom. The van der Waals surface area contributed by atoms with Crippen molar-refractivity contribution in [3.8, 4) is 11.1 Å². The second-order valence-electron chi connectivity index (χ2n) is 11.7. The van der Waals surface area contributed by atoms with Crippen LogP contribution in [-0.4, -0.2) is 28.9 Å². The zero-order chi connectivity index (χ0) is 23.9. The molecule has 0 spiro atoms. The number of para-hydroxylation sites is 1. The first-order chi connectivity index (χ1) is 14.7. The van der Waals surface area contributed by atoms with Gasteiger partial charge in [-0.2, -0.15) is 0 Å². The van der Waals surface area contributed by atoms with Gasteiger partial charge < -0.3 is 9.33 Å². The molecule has 0 saturated carbocycles. The molecular formula is C27H41NO2Si2. The molecule has 174 valence electrons. The van der Waals surface area contributed by atoms with Crippen LogP contribution < -0.4 is 10.1 Å². The van der Waals surface area contributed by atoms with E-state index in [-0.39, 0.29) is 10.9 Å². The second kappa shape index (κ2) is 8.92. The maximum Gasteiger partial charge on any atom is 0.224 e. The van der Waals surface area contributed by atoms with Crippen LogP contribution in [0.15, 0.2) is 36.4 Å². The van der Waals surface area contributed by atoms with Crippen LogP contribution in [0.25, 0.3) is 11.1 Å². The highest BCUT2D eigenvalue weighted by Crippen LogP contribution is 2.40. The monoisotopic (exact) mass is 467 g/mol. The Morgan fingerprint density at radius 2 is 1.66 bits per heavy atom. The van der Waals surface area contributed by atoms with Crippen molar-refractivity contribution in [3.63, 3.8) is 0 Å². The van der Waals surface area contributed by atoms with E-state index in [0.717, 1.165) is 25.1 Å². The van der Waals surface area contributed by atoms with Crippen LogP contribution in [0.3, 0.4) is 0 Å². The van der Waals surface area contributed by atoms with Crippen LogP contribution in [0.2, 0.25) is 37.8 Å². The molecule has 0 aromatic heterocycles. The predicted octanol–water partition coefficient (Wildman–Crippen LogP) is 6.72. The lowest BCUT2D eigenvalue weighted by Gasteiger charge is -2.36. The van der Waals surface area contributed by atoms with Gasteiger partial charge in [-0.3, -0.25) is 4.79 Å². The molecule has 32 heavy (non-hydrogen) atoms. The predicted molar refractivity (Wildman–Crippen MR) is 143 cm³/mol. The molecule has 3 nitrogen and oxygen atoms in total. The number of hydrogen-bond acceptors (Lipinski definition) is 2. The van der Waals surface area contributed by atoms with Gasteiger partial charge in [-0.15, -0.1) is 0 Å². The highest BCUT2D eigenvalue weighted by molar-refractivity contribution is 6.89. The Kier molecular flexibility index (Phi) is 6.95. The van der Waals surface area contributed by atoms with E-state index in [9.17, 15) is 4.79 Å². The minimum atomic E-state index is -1.71. The summed E-state index contributed by atoms with van der Waals surface area (Å²) in [6, 6.07) is 13.0. The Morgan fingerprint density at radius 1 is 1.00 bits per heavy atom. The van der Waals surface area contributed by atoms with Gasteiger partial charge in [-0.25, -0.2) is 0 Å². The standard InChI is InChI=1S/C27H41NO2Si2/c1-20(29)28-19-24-22(23-14-10-11-15-25(23)28)17-16-21(26(24)31(5,6)7)13-12-18-30-32(8,9)27(2,3)4/h10-11,14-17H,12-13,18-19H2,1-9H3. The molecule has 2 aromatic carbocycles. The second-order valence-corrected chi connectivity index (χ2v) is 21.5. The van der Waals surface area contributed by atoms with Gasteiger partial charge in [0.05, 0.1) is 20.3 Å². The summed E-state index contributed by atoms with van der Waals surface area (Å²) in [6.45, 7) is 22.0. The van der Waals surface area contributed by atoms with Crippen LogP contribution in [-0.2, 0) is 22.2 Å². The van der Waals surface area contributed by atoms with E-state index in [1.807, 2.05) is 11.0 Å². The molecule has 0 bridgehead atoms. The van der Waals surface area contributed by atoms with E-state index in [4.69, 9.17) is 4.43 Å². The summed E-state index contributed by atoms with van der Waals surface area (Å²) < 4.78 is 6.45. The van der Waals surface area contributed by atoms with Crippen molar-refractivity contribution in [1.29, 1.82) is 0 Å². The van der Waals surface area contributed by atoms with Crippen molar-refractivity contribution < 1.29 is 9.22 Å². The largest absolute Gasteiger partial charge is 0.417 e. The molecule has 5 heteroatoms. The zero-order valence-electron chi connectivity index (χ0n) is 21.6. The lowest BCUT2D eigenvalue weighted by molar-refractivity contribution is -0.116. The van der Waals surface area contributed by atoms with Crippen LogP contribution in [0.4, 0.5) is 5.69 Å². The van der Waals surface area contributed by atoms with Crippen molar-refractivity contribution in [3.05, 3.63) is 47.5 Å². The third-order valence-corrected chi connectivity index (χ3v) is 13.9. The Bertz CT molecular complexity index is 1000. The molecule has 0 unspecified atom stereocenters. The number of benzene rings is 2. The summed E-state index contributed by atoms with van der Waals surface area (Å²) in [5.41, 5.74) is 6.32. The highest BCUT2D eigenvalue weighted by Gasteiger charge is 2.37. The summed E-state index contributed by atoms with van der Waals surface area (Å²) in [6.07, 6.45) is 2.07. The van der Waals surface area contributed by atoms with Crippen LogP contribution in [0, 0.1) is 0 Å².